The highest BCUT2D eigenvalue weighted by Crippen LogP contribution is 2.36. The summed E-state index contributed by atoms with van der Waals surface area (Å²) < 4.78 is 22.0. The van der Waals surface area contributed by atoms with Gasteiger partial charge in [-0.05, 0) is 58.1 Å². The molecule has 1 aromatic heterocycles. The van der Waals surface area contributed by atoms with Gasteiger partial charge < -0.3 is 9.64 Å². The third-order valence-corrected chi connectivity index (χ3v) is 6.56. The molecular weight excluding hydrogens is 440 g/mol. The van der Waals surface area contributed by atoms with Crippen molar-refractivity contribution in [3.8, 4) is 0 Å². The zero-order chi connectivity index (χ0) is 22.2. The van der Waals surface area contributed by atoms with Crippen LogP contribution in [0.25, 0.3) is 5.57 Å². The van der Waals surface area contributed by atoms with Crippen LogP contribution in [0.3, 0.4) is 0 Å². The normalized spacial score (nSPS) is 23.7. The molecule has 1 saturated heterocycles. The molecule has 3 heterocycles. The van der Waals surface area contributed by atoms with Gasteiger partial charge in [-0.25, -0.2) is 4.39 Å². The number of nitrogens with two attached hydrogens (primary N) is 1. The monoisotopic (exact) mass is 465 g/mol. The fourth-order valence-corrected chi connectivity index (χ4v) is 4.79. The number of rotatable bonds is 5. The average molecular weight is 466 g/mol. The first-order valence-electron chi connectivity index (χ1n) is 10.3. The molecule has 0 saturated carbocycles. The van der Waals surface area contributed by atoms with Crippen molar-refractivity contribution in [1.82, 2.24) is 14.7 Å². The number of hydrogen-bond acceptors (Lipinski definition) is 5. The Morgan fingerprint density at radius 2 is 2.03 bits per heavy atom. The molecule has 0 amide bonds. The Morgan fingerprint density at radius 1 is 1.29 bits per heavy atom. The van der Waals surface area contributed by atoms with Gasteiger partial charge in [-0.15, -0.1) is 0 Å². The van der Waals surface area contributed by atoms with E-state index in [1.165, 1.54) is 12.1 Å². The first-order valence-corrected chi connectivity index (χ1v) is 11.1. The second-order valence-electron chi connectivity index (χ2n) is 8.28. The molecule has 0 bridgehead atoms. The fraction of sp³-hybridized carbons (Fsp3) is 0.455. The van der Waals surface area contributed by atoms with Gasteiger partial charge in [0.1, 0.15) is 5.82 Å². The highest BCUT2D eigenvalue weighted by molar-refractivity contribution is 6.36. The summed E-state index contributed by atoms with van der Waals surface area (Å²) in [6, 6.07) is 3.07. The van der Waals surface area contributed by atoms with Crippen LogP contribution in [0.15, 0.2) is 35.6 Å². The third kappa shape index (κ3) is 4.86. The molecule has 31 heavy (non-hydrogen) atoms. The van der Waals surface area contributed by atoms with Crippen LogP contribution in [-0.2, 0) is 4.74 Å². The highest BCUT2D eigenvalue weighted by Gasteiger charge is 2.31. The van der Waals surface area contributed by atoms with Crippen LogP contribution < -0.4 is 5.73 Å². The molecule has 0 spiro atoms. The van der Waals surface area contributed by atoms with Crippen LogP contribution in [0.1, 0.15) is 43.0 Å². The number of benzene rings is 1. The second-order valence-corrected chi connectivity index (χ2v) is 9.07. The van der Waals surface area contributed by atoms with Gasteiger partial charge in [0.15, 0.2) is 5.72 Å². The van der Waals surface area contributed by atoms with Crippen LogP contribution in [0.2, 0.25) is 10.0 Å². The van der Waals surface area contributed by atoms with Crippen molar-refractivity contribution in [2.24, 2.45) is 10.7 Å². The lowest BCUT2D eigenvalue weighted by molar-refractivity contribution is -0.0473. The molecular formula is C22H26Cl2FN5O. The molecule has 2 aromatic rings. The van der Waals surface area contributed by atoms with Gasteiger partial charge in [-0.3, -0.25) is 15.4 Å². The third-order valence-electron chi connectivity index (χ3n) is 5.85. The number of dihydropyridines is 1. The number of hydrogen-bond donors (Lipinski definition) is 1. The van der Waals surface area contributed by atoms with E-state index < -0.39 is 17.6 Å². The van der Waals surface area contributed by atoms with E-state index >= 15 is 0 Å². The first kappa shape index (κ1) is 22.4. The maximum absolute atomic E-state index is 13.9. The Kier molecular flexibility index (Phi) is 6.51. The predicted molar refractivity (Wildman–Crippen MR) is 122 cm³/mol. The number of aliphatic imine (C=N–C) groups is 1. The van der Waals surface area contributed by atoms with E-state index in [2.05, 4.69) is 22.0 Å². The number of allylic oxidation sites excluding steroid dienone is 1. The standard InChI is InChI=1S/C22H26Cl2FN5O/c1-14(20-18(23)3-4-19(25)21(20)24)31-22(26)9-15(10-27-13-22)16-11-28-30(12-16)17-5-7-29(2)8-6-17/h3-4,9-12,14,17H,5-8,13,26H2,1-2H3/t14-,22?/m1/s1. The molecule has 1 fully saturated rings. The summed E-state index contributed by atoms with van der Waals surface area (Å²) in [5.41, 5.74) is 7.45. The van der Waals surface area contributed by atoms with Crippen molar-refractivity contribution in [3.63, 3.8) is 0 Å². The molecule has 6 nitrogen and oxygen atoms in total. The minimum atomic E-state index is -1.18. The molecule has 2 N–H and O–H groups in total. The SMILES string of the molecule is C[C@@H](OC1(N)C=C(c2cnn(C3CCN(C)CC3)c2)C=NC1)c1c(Cl)ccc(F)c1Cl. The van der Waals surface area contributed by atoms with E-state index in [4.69, 9.17) is 33.7 Å². The van der Waals surface area contributed by atoms with E-state index in [9.17, 15) is 4.39 Å². The number of likely N-dealkylation sites (tertiary alicyclic amines) is 1. The largest absolute Gasteiger partial charge is 0.347 e. The lowest BCUT2D eigenvalue weighted by Gasteiger charge is -2.32. The van der Waals surface area contributed by atoms with Crippen molar-refractivity contribution in [2.45, 2.75) is 37.6 Å². The zero-order valence-corrected chi connectivity index (χ0v) is 19.1. The van der Waals surface area contributed by atoms with Crippen molar-refractivity contribution >= 4 is 35.0 Å². The van der Waals surface area contributed by atoms with E-state index in [1.807, 2.05) is 23.2 Å². The van der Waals surface area contributed by atoms with E-state index in [-0.39, 0.29) is 11.6 Å². The quantitative estimate of drug-likeness (QED) is 0.521. The zero-order valence-electron chi connectivity index (χ0n) is 17.6. The molecule has 2 aliphatic rings. The van der Waals surface area contributed by atoms with E-state index in [0.717, 1.165) is 37.1 Å². The van der Waals surface area contributed by atoms with Gasteiger partial charge in [0.2, 0.25) is 0 Å². The van der Waals surface area contributed by atoms with Gasteiger partial charge in [0.25, 0.3) is 0 Å². The summed E-state index contributed by atoms with van der Waals surface area (Å²) in [6.45, 7) is 4.10. The van der Waals surface area contributed by atoms with Crippen LogP contribution in [0, 0.1) is 5.82 Å². The average Bonchev–Trinajstić information content (AvgIpc) is 3.21. The van der Waals surface area contributed by atoms with Gasteiger partial charge in [-0.2, -0.15) is 5.10 Å². The van der Waals surface area contributed by atoms with Crippen LogP contribution >= 0.6 is 23.2 Å². The first-order chi connectivity index (χ1) is 14.8. The Bertz CT molecular complexity index is 1020. The molecule has 0 radical (unpaired) electrons. The van der Waals surface area contributed by atoms with E-state index in [1.54, 1.807) is 13.1 Å². The van der Waals surface area contributed by atoms with Crippen molar-refractivity contribution < 1.29 is 9.13 Å². The number of ether oxygens (including phenoxy) is 1. The molecule has 4 rings (SSSR count). The van der Waals surface area contributed by atoms with E-state index in [0.29, 0.717) is 16.6 Å². The molecule has 166 valence electrons. The lowest BCUT2D eigenvalue weighted by Crippen LogP contribution is -2.46. The number of nitrogens with zero attached hydrogens (tertiary/aromatic N) is 4. The highest BCUT2D eigenvalue weighted by atomic mass is 35.5. The van der Waals surface area contributed by atoms with Gasteiger partial charge >= 0.3 is 0 Å². The van der Waals surface area contributed by atoms with Crippen molar-refractivity contribution in [1.29, 1.82) is 0 Å². The van der Waals surface area contributed by atoms with Crippen LogP contribution in [-0.4, -0.2) is 53.3 Å². The summed E-state index contributed by atoms with van der Waals surface area (Å²) in [5.74, 6) is -0.554. The number of halogens is 3. The molecule has 9 heteroatoms. The molecule has 1 aromatic carbocycles. The summed E-state index contributed by atoms with van der Waals surface area (Å²) in [7, 11) is 2.14. The second kappa shape index (κ2) is 9.00. The maximum atomic E-state index is 13.9. The summed E-state index contributed by atoms with van der Waals surface area (Å²) >= 11 is 12.4. The Morgan fingerprint density at radius 3 is 2.77 bits per heavy atom. The summed E-state index contributed by atoms with van der Waals surface area (Å²) in [4.78, 5) is 6.73. The Labute approximate surface area is 191 Å². The Balaban J connectivity index is 1.53. The summed E-state index contributed by atoms with van der Waals surface area (Å²) in [6.07, 6.45) is 8.97. The maximum Gasteiger partial charge on any atom is 0.157 e. The van der Waals surface area contributed by atoms with Gasteiger partial charge in [-0.1, -0.05) is 23.2 Å². The van der Waals surface area contributed by atoms with Crippen LogP contribution in [0.5, 0.6) is 0 Å². The summed E-state index contributed by atoms with van der Waals surface area (Å²) in [5, 5.41) is 4.83. The fourth-order valence-electron chi connectivity index (χ4n) is 4.11. The minimum absolute atomic E-state index is 0.0634. The van der Waals surface area contributed by atoms with Crippen molar-refractivity contribution in [3.05, 3.63) is 57.6 Å². The van der Waals surface area contributed by atoms with Gasteiger partial charge in [0.05, 0.1) is 29.9 Å². The smallest absolute Gasteiger partial charge is 0.157 e. The minimum Gasteiger partial charge on any atom is -0.347 e. The topological polar surface area (TPSA) is 68.7 Å². The molecule has 2 atom stereocenters. The number of aromatic nitrogens is 2. The molecule has 2 aliphatic heterocycles. The van der Waals surface area contributed by atoms with Crippen molar-refractivity contribution in [2.75, 3.05) is 26.7 Å². The van der Waals surface area contributed by atoms with Crippen LogP contribution in [0.4, 0.5) is 4.39 Å². The van der Waals surface area contributed by atoms with Gasteiger partial charge in [0, 0.05) is 34.1 Å². The lowest BCUT2D eigenvalue weighted by atomic mass is 10.0. The predicted octanol–water partition coefficient (Wildman–Crippen LogP) is 4.50. The Hall–Kier alpha value is -1.77. The number of piperidine rings is 1. The molecule has 0 aliphatic carbocycles. The molecule has 1 unspecified atom stereocenters.